The number of hydrogen-bond donors (Lipinski definition) is 0. The van der Waals surface area contributed by atoms with Gasteiger partial charge in [-0.2, -0.15) is 9.61 Å². The van der Waals surface area contributed by atoms with E-state index in [1.807, 2.05) is 78.9 Å². The standard InChI is InChI=1S/C28H22N6O3/c1-35-22-11-12-23-24(15-22)29-14-13-26(23)37-18-27-31-32-28-30-16-25(33-34(27)28)20-7-9-21(10-8-20)36-17-19-5-3-2-4-6-19/h2-16H,17-18H2,1H3. The number of rotatable bonds is 8. The first-order valence-corrected chi connectivity index (χ1v) is 11.7. The van der Waals surface area contributed by atoms with E-state index < -0.39 is 0 Å². The van der Waals surface area contributed by atoms with Crippen LogP contribution in [0.5, 0.6) is 17.2 Å². The van der Waals surface area contributed by atoms with Crippen LogP contribution in [0, 0.1) is 0 Å². The Bertz CT molecular complexity index is 1670. The summed E-state index contributed by atoms with van der Waals surface area (Å²) in [5, 5.41) is 13.9. The minimum absolute atomic E-state index is 0.163. The molecule has 0 saturated carbocycles. The fraction of sp³-hybridized carbons (Fsp3) is 0.107. The van der Waals surface area contributed by atoms with Crippen molar-refractivity contribution in [2.75, 3.05) is 7.11 Å². The molecule has 0 aliphatic rings. The molecule has 0 amide bonds. The van der Waals surface area contributed by atoms with Crippen molar-refractivity contribution in [2.45, 2.75) is 13.2 Å². The van der Waals surface area contributed by atoms with Crippen molar-refractivity contribution >= 4 is 16.7 Å². The van der Waals surface area contributed by atoms with Crippen LogP contribution in [0.1, 0.15) is 11.4 Å². The van der Waals surface area contributed by atoms with Crippen molar-refractivity contribution in [3.8, 4) is 28.5 Å². The molecule has 0 aliphatic carbocycles. The van der Waals surface area contributed by atoms with E-state index in [1.165, 1.54) is 0 Å². The van der Waals surface area contributed by atoms with Gasteiger partial charge in [-0.3, -0.25) is 4.98 Å². The fourth-order valence-corrected chi connectivity index (χ4v) is 3.92. The van der Waals surface area contributed by atoms with Crippen LogP contribution in [0.25, 0.3) is 27.9 Å². The summed E-state index contributed by atoms with van der Waals surface area (Å²) < 4.78 is 18.9. The molecule has 0 radical (unpaired) electrons. The van der Waals surface area contributed by atoms with E-state index in [0.717, 1.165) is 33.5 Å². The third-order valence-electron chi connectivity index (χ3n) is 5.86. The highest BCUT2D eigenvalue weighted by molar-refractivity contribution is 5.85. The van der Waals surface area contributed by atoms with Gasteiger partial charge in [0.15, 0.2) is 5.82 Å². The molecule has 6 rings (SSSR count). The Morgan fingerprint density at radius 1 is 0.784 bits per heavy atom. The summed E-state index contributed by atoms with van der Waals surface area (Å²) in [6.45, 7) is 0.674. The van der Waals surface area contributed by atoms with E-state index in [1.54, 1.807) is 24.0 Å². The van der Waals surface area contributed by atoms with E-state index in [-0.39, 0.29) is 6.61 Å². The number of nitrogens with zero attached hydrogens (tertiary/aromatic N) is 6. The van der Waals surface area contributed by atoms with Crippen LogP contribution in [-0.4, -0.2) is 36.9 Å². The molecule has 6 aromatic rings. The largest absolute Gasteiger partial charge is 0.497 e. The van der Waals surface area contributed by atoms with Gasteiger partial charge >= 0.3 is 0 Å². The first-order valence-electron chi connectivity index (χ1n) is 11.7. The number of pyridine rings is 1. The topological polar surface area (TPSA) is 96.5 Å². The second-order valence-electron chi connectivity index (χ2n) is 8.25. The zero-order valence-electron chi connectivity index (χ0n) is 20.0. The molecule has 0 atom stereocenters. The molecule has 0 fully saturated rings. The molecule has 3 heterocycles. The smallest absolute Gasteiger partial charge is 0.272 e. The maximum absolute atomic E-state index is 6.08. The van der Waals surface area contributed by atoms with Crippen LogP contribution in [0.4, 0.5) is 0 Å². The van der Waals surface area contributed by atoms with Crippen molar-refractivity contribution in [2.24, 2.45) is 0 Å². The Morgan fingerprint density at radius 2 is 1.62 bits per heavy atom. The van der Waals surface area contributed by atoms with Crippen LogP contribution in [0.3, 0.4) is 0 Å². The first-order chi connectivity index (χ1) is 18.3. The summed E-state index contributed by atoms with van der Waals surface area (Å²) in [5.74, 6) is 3.13. The SMILES string of the molecule is COc1ccc2c(OCc3nnc4ncc(-c5ccc(OCc6ccccc6)cc5)nn34)ccnc2c1. The third kappa shape index (κ3) is 4.74. The Kier molecular flexibility index (Phi) is 6.00. The second kappa shape index (κ2) is 9.90. The zero-order chi connectivity index (χ0) is 25.0. The number of fused-ring (bicyclic) bond motifs is 2. The van der Waals surface area contributed by atoms with Gasteiger partial charge in [-0.05, 0) is 48.0 Å². The number of hydrogen-bond acceptors (Lipinski definition) is 8. The second-order valence-corrected chi connectivity index (χ2v) is 8.25. The van der Waals surface area contributed by atoms with Crippen LogP contribution in [-0.2, 0) is 13.2 Å². The molecule has 9 heteroatoms. The summed E-state index contributed by atoms with van der Waals surface area (Å²) in [6.07, 6.45) is 3.38. The average molecular weight is 491 g/mol. The van der Waals surface area contributed by atoms with E-state index >= 15 is 0 Å². The van der Waals surface area contributed by atoms with Gasteiger partial charge in [0.05, 0.1) is 18.8 Å². The lowest BCUT2D eigenvalue weighted by Crippen LogP contribution is -2.06. The highest BCUT2D eigenvalue weighted by Gasteiger charge is 2.12. The molecule has 182 valence electrons. The molecular weight excluding hydrogens is 468 g/mol. The quantitative estimate of drug-likeness (QED) is 0.297. The molecule has 9 nitrogen and oxygen atoms in total. The lowest BCUT2D eigenvalue weighted by molar-refractivity contribution is 0.296. The maximum atomic E-state index is 6.08. The van der Waals surface area contributed by atoms with E-state index in [4.69, 9.17) is 19.3 Å². The van der Waals surface area contributed by atoms with Crippen LogP contribution >= 0.6 is 0 Å². The van der Waals surface area contributed by atoms with Gasteiger partial charge in [0, 0.05) is 23.2 Å². The first kappa shape index (κ1) is 22.4. The molecule has 0 bridgehead atoms. The van der Waals surface area contributed by atoms with Crippen molar-refractivity contribution in [3.05, 3.63) is 103 Å². The lowest BCUT2D eigenvalue weighted by atomic mass is 10.1. The molecule has 0 unspecified atom stereocenters. The molecule has 0 aliphatic heterocycles. The van der Waals surface area contributed by atoms with Crippen molar-refractivity contribution < 1.29 is 14.2 Å². The highest BCUT2D eigenvalue weighted by atomic mass is 16.5. The molecule has 37 heavy (non-hydrogen) atoms. The number of aromatic nitrogens is 6. The summed E-state index contributed by atoms with van der Waals surface area (Å²) >= 11 is 0. The van der Waals surface area contributed by atoms with Gasteiger partial charge in [0.25, 0.3) is 5.78 Å². The van der Waals surface area contributed by atoms with Gasteiger partial charge in [-0.15, -0.1) is 10.2 Å². The number of methoxy groups -OCH3 is 1. The summed E-state index contributed by atoms with van der Waals surface area (Å²) in [5.41, 5.74) is 3.48. The maximum Gasteiger partial charge on any atom is 0.272 e. The van der Waals surface area contributed by atoms with E-state index in [0.29, 0.717) is 29.7 Å². The monoisotopic (exact) mass is 490 g/mol. The Labute approximate surface area is 212 Å². The molecule has 0 spiro atoms. The van der Waals surface area contributed by atoms with E-state index in [2.05, 4.69) is 20.2 Å². The normalized spacial score (nSPS) is 11.1. The molecule has 0 N–H and O–H groups in total. The highest BCUT2D eigenvalue weighted by Crippen LogP contribution is 2.28. The minimum atomic E-state index is 0.163. The Balaban J connectivity index is 1.19. The van der Waals surface area contributed by atoms with Gasteiger partial charge in [0.1, 0.15) is 36.2 Å². The Morgan fingerprint density at radius 3 is 2.46 bits per heavy atom. The summed E-state index contributed by atoms with van der Waals surface area (Å²) in [4.78, 5) is 8.82. The molecule has 3 aromatic carbocycles. The Hall–Kier alpha value is -5.05. The summed E-state index contributed by atoms with van der Waals surface area (Å²) in [6, 6.07) is 25.3. The molecular formula is C28H22N6O3. The van der Waals surface area contributed by atoms with Crippen molar-refractivity contribution in [1.82, 2.24) is 29.8 Å². The lowest BCUT2D eigenvalue weighted by Gasteiger charge is -2.09. The van der Waals surface area contributed by atoms with E-state index in [9.17, 15) is 0 Å². The van der Waals surface area contributed by atoms with Crippen molar-refractivity contribution in [3.63, 3.8) is 0 Å². The molecule has 3 aromatic heterocycles. The average Bonchev–Trinajstić information content (AvgIpc) is 3.37. The van der Waals surface area contributed by atoms with Gasteiger partial charge in [-0.25, -0.2) is 4.98 Å². The zero-order valence-corrected chi connectivity index (χ0v) is 20.0. The molecule has 0 saturated heterocycles. The number of benzene rings is 3. The van der Waals surface area contributed by atoms with Gasteiger partial charge in [-0.1, -0.05) is 30.3 Å². The third-order valence-corrected chi connectivity index (χ3v) is 5.86. The number of ether oxygens (including phenoxy) is 3. The van der Waals surface area contributed by atoms with Crippen LogP contribution in [0.2, 0.25) is 0 Å². The predicted octanol–water partition coefficient (Wildman–Crippen LogP) is 4.90. The minimum Gasteiger partial charge on any atom is -0.497 e. The van der Waals surface area contributed by atoms with Gasteiger partial charge < -0.3 is 14.2 Å². The predicted molar refractivity (Wildman–Crippen MR) is 137 cm³/mol. The van der Waals surface area contributed by atoms with Crippen LogP contribution < -0.4 is 14.2 Å². The van der Waals surface area contributed by atoms with Crippen LogP contribution in [0.15, 0.2) is 91.3 Å². The summed E-state index contributed by atoms with van der Waals surface area (Å²) in [7, 11) is 1.63. The fourth-order valence-electron chi connectivity index (χ4n) is 3.92. The van der Waals surface area contributed by atoms with Crippen molar-refractivity contribution in [1.29, 1.82) is 0 Å². The van der Waals surface area contributed by atoms with Gasteiger partial charge in [0.2, 0.25) is 0 Å².